The van der Waals surface area contributed by atoms with Gasteiger partial charge in [-0.05, 0) is 51.1 Å². The molecule has 0 radical (unpaired) electrons. The van der Waals surface area contributed by atoms with Gasteiger partial charge in [-0.15, -0.1) is 6.58 Å². The molecule has 0 unspecified atom stereocenters. The van der Waals surface area contributed by atoms with Crippen LogP contribution in [0.15, 0.2) is 66.1 Å². The van der Waals surface area contributed by atoms with Gasteiger partial charge in [-0.2, -0.15) is 0 Å². The Morgan fingerprint density at radius 1 is 1.13 bits per heavy atom. The van der Waals surface area contributed by atoms with Gasteiger partial charge in [0.25, 0.3) is 15.9 Å². The molecular weight excluding hydrogens is 438 g/mol. The summed E-state index contributed by atoms with van der Waals surface area (Å²) in [5, 5.41) is 5.20. The maximum absolute atomic E-state index is 13.3. The van der Waals surface area contributed by atoms with Crippen LogP contribution in [0.1, 0.15) is 31.1 Å². The first-order chi connectivity index (χ1) is 14.5. The molecule has 2 amide bonds. The van der Waals surface area contributed by atoms with Gasteiger partial charge in [-0.1, -0.05) is 35.9 Å². The quantitative estimate of drug-likeness (QED) is 0.587. The van der Waals surface area contributed by atoms with Gasteiger partial charge in [0.15, 0.2) is 0 Å². The Morgan fingerprint density at radius 3 is 2.35 bits per heavy atom. The van der Waals surface area contributed by atoms with Gasteiger partial charge in [0, 0.05) is 11.1 Å². The van der Waals surface area contributed by atoms with Crippen LogP contribution < -0.4 is 14.9 Å². The molecule has 2 aromatic rings. The molecule has 0 atom stereocenters. The first-order valence-corrected chi connectivity index (χ1v) is 11.3. The first-order valence-electron chi connectivity index (χ1n) is 9.53. The van der Waals surface area contributed by atoms with Crippen molar-refractivity contribution < 1.29 is 18.0 Å². The molecule has 166 valence electrons. The highest BCUT2D eigenvalue weighted by atomic mass is 35.5. The Hall–Kier alpha value is -2.84. The summed E-state index contributed by atoms with van der Waals surface area (Å²) in [6.45, 7) is 8.88. The molecule has 9 heteroatoms. The van der Waals surface area contributed by atoms with Crippen molar-refractivity contribution in [3.8, 4) is 0 Å². The van der Waals surface area contributed by atoms with Crippen LogP contribution in [-0.2, 0) is 14.8 Å². The number of para-hydroxylation sites is 1. The van der Waals surface area contributed by atoms with Crippen molar-refractivity contribution in [1.82, 2.24) is 10.6 Å². The van der Waals surface area contributed by atoms with Gasteiger partial charge in [0.1, 0.15) is 4.90 Å². The Bertz CT molecular complexity index is 1060. The molecule has 7 nitrogen and oxygen atoms in total. The Kier molecular flexibility index (Phi) is 7.86. The predicted octanol–water partition coefficient (Wildman–Crippen LogP) is 3.37. The van der Waals surface area contributed by atoms with Crippen LogP contribution in [0.5, 0.6) is 0 Å². The average Bonchev–Trinajstić information content (AvgIpc) is 2.69. The lowest BCUT2D eigenvalue weighted by molar-refractivity contribution is -0.121. The number of hydrogen-bond acceptors (Lipinski definition) is 4. The zero-order chi connectivity index (χ0) is 23.2. The largest absolute Gasteiger partial charge is 0.350 e. The maximum Gasteiger partial charge on any atom is 0.266 e. The third kappa shape index (κ3) is 6.57. The SMILES string of the molecule is C=CCN(c1ccccc1)S(=O)(=O)c1cc(C(=O)NCC(=O)NC(C)(C)C)ccc1Cl. The van der Waals surface area contributed by atoms with E-state index in [2.05, 4.69) is 17.2 Å². The fourth-order valence-corrected chi connectivity index (χ4v) is 4.68. The number of carbonyl (C=O) groups is 2. The van der Waals surface area contributed by atoms with Gasteiger partial charge in [-0.3, -0.25) is 13.9 Å². The molecule has 0 aliphatic heterocycles. The third-order valence-corrected chi connectivity index (χ3v) is 6.30. The number of halogens is 1. The Labute approximate surface area is 188 Å². The molecule has 0 spiro atoms. The van der Waals surface area contributed by atoms with E-state index in [0.717, 1.165) is 4.31 Å². The van der Waals surface area contributed by atoms with E-state index in [-0.39, 0.29) is 34.5 Å². The van der Waals surface area contributed by atoms with Crippen molar-refractivity contribution in [2.24, 2.45) is 0 Å². The van der Waals surface area contributed by atoms with Gasteiger partial charge < -0.3 is 10.6 Å². The minimum absolute atomic E-state index is 0.0199. The summed E-state index contributed by atoms with van der Waals surface area (Å²) >= 11 is 6.19. The normalized spacial score (nSPS) is 11.5. The molecule has 0 saturated heterocycles. The molecule has 0 aromatic heterocycles. The van der Waals surface area contributed by atoms with Crippen LogP contribution in [0, 0.1) is 0 Å². The van der Waals surface area contributed by atoms with E-state index < -0.39 is 21.5 Å². The lowest BCUT2D eigenvalue weighted by Gasteiger charge is -2.24. The summed E-state index contributed by atoms with van der Waals surface area (Å²) in [5.74, 6) is -0.948. The lowest BCUT2D eigenvalue weighted by atomic mass is 10.1. The molecule has 0 saturated carbocycles. The molecule has 0 heterocycles. The van der Waals surface area contributed by atoms with E-state index in [1.807, 2.05) is 20.8 Å². The summed E-state index contributed by atoms with van der Waals surface area (Å²) in [7, 11) is -4.09. The number of anilines is 1. The van der Waals surface area contributed by atoms with Crippen molar-refractivity contribution >= 4 is 39.1 Å². The number of nitrogens with one attached hydrogen (secondary N) is 2. The van der Waals surface area contributed by atoms with Gasteiger partial charge in [0.2, 0.25) is 5.91 Å². The monoisotopic (exact) mass is 463 g/mol. The van der Waals surface area contributed by atoms with E-state index in [1.165, 1.54) is 24.3 Å². The number of amides is 2. The molecule has 2 N–H and O–H groups in total. The van der Waals surface area contributed by atoms with E-state index in [9.17, 15) is 18.0 Å². The highest BCUT2D eigenvalue weighted by Gasteiger charge is 2.27. The van der Waals surface area contributed by atoms with Gasteiger partial charge in [-0.25, -0.2) is 8.42 Å². The minimum atomic E-state index is -4.09. The summed E-state index contributed by atoms with van der Waals surface area (Å²) in [6.07, 6.45) is 1.46. The van der Waals surface area contributed by atoms with Crippen LogP contribution in [-0.4, -0.2) is 38.9 Å². The second-order valence-electron chi connectivity index (χ2n) is 7.79. The number of nitrogens with zero attached hydrogens (tertiary/aromatic N) is 1. The maximum atomic E-state index is 13.3. The Balaban J connectivity index is 2.31. The number of carbonyl (C=O) groups excluding carboxylic acids is 2. The van der Waals surface area contributed by atoms with Crippen LogP contribution in [0.4, 0.5) is 5.69 Å². The summed E-state index contributed by atoms with van der Waals surface area (Å²) in [6, 6.07) is 12.5. The molecule has 2 aromatic carbocycles. The zero-order valence-electron chi connectivity index (χ0n) is 17.7. The molecular formula is C22H26ClN3O4S. The van der Waals surface area contributed by atoms with Crippen LogP contribution in [0.3, 0.4) is 0 Å². The van der Waals surface area contributed by atoms with Crippen molar-refractivity contribution in [2.45, 2.75) is 31.2 Å². The summed E-state index contributed by atoms with van der Waals surface area (Å²) < 4.78 is 27.8. The van der Waals surface area contributed by atoms with Crippen molar-refractivity contribution in [3.05, 3.63) is 71.8 Å². The van der Waals surface area contributed by atoms with Crippen LogP contribution in [0.25, 0.3) is 0 Å². The summed E-state index contributed by atoms with van der Waals surface area (Å²) in [4.78, 5) is 24.2. The van der Waals surface area contributed by atoms with Crippen LogP contribution >= 0.6 is 11.6 Å². The smallest absolute Gasteiger partial charge is 0.266 e. The fourth-order valence-electron chi connectivity index (χ4n) is 2.74. The number of benzene rings is 2. The van der Waals surface area contributed by atoms with Crippen molar-refractivity contribution in [1.29, 1.82) is 0 Å². The van der Waals surface area contributed by atoms with Crippen molar-refractivity contribution in [3.63, 3.8) is 0 Å². The zero-order valence-corrected chi connectivity index (χ0v) is 19.3. The van der Waals surface area contributed by atoms with Crippen LogP contribution in [0.2, 0.25) is 5.02 Å². The Morgan fingerprint density at radius 2 is 1.77 bits per heavy atom. The van der Waals surface area contributed by atoms with E-state index in [0.29, 0.717) is 5.69 Å². The topological polar surface area (TPSA) is 95.6 Å². The molecule has 0 fully saturated rings. The predicted molar refractivity (Wildman–Crippen MR) is 123 cm³/mol. The molecule has 2 rings (SSSR count). The van der Waals surface area contributed by atoms with E-state index in [1.54, 1.807) is 30.3 Å². The second-order valence-corrected chi connectivity index (χ2v) is 10.0. The lowest BCUT2D eigenvalue weighted by Crippen LogP contribution is -2.45. The third-order valence-electron chi connectivity index (χ3n) is 4.02. The van der Waals surface area contributed by atoms with E-state index >= 15 is 0 Å². The second kappa shape index (κ2) is 9.98. The highest BCUT2D eigenvalue weighted by Crippen LogP contribution is 2.29. The minimum Gasteiger partial charge on any atom is -0.350 e. The highest BCUT2D eigenvalue weighted by molar-refractivity contribution is 7.93. The van der Waals surface area contributed by atoms with Crippen molar-refractivity contribution in [2.75, 3.05) is 17.4 Å². The number of hydrogen-bond donors (Lipinski definition) is 2. The number of sulfonamides is 1. The van der Waals surface area contributed by atoms with E-state index in [4.69, 9.17) is 11.6 Å². The average molecular weight is 464 g/mol. The summed E-state index contributed by atoms with van der Waals surface area (Å²) in [5.41, 5.74) is 0.0698. The molecule has 31 heavy (non-hydrogen) atoms. The first kappa shape index (κ1) is 24.4. The standard InChI is InChI=1S/C22H26ClN3O4S/c1-5-13-26(17-9-7-6-8-10-17)31(29,30)19-14-16(11-12-18(19)23)21(28)24-15-20(27)25-22(2,3)4/h5-12,14H,1,13,15H2,2-4H3,(H,24,28)(H,25,27). The molecule has 0 aliphatic carbocycles. The molecule has 0 aliphatic rings. The van der Waals surface area contributed by atoms with Gasteiger partial charge in [0.05, 0.1) is 23.8 Å². The van der Waals surface area contributed by atoms with Gasteiger partial charge >= 0.3 is 0 Å². The molecule has 0 bridgehead atoms. The number of rotatable bonds is 8. The fraction of sp³-hybridized carbons (Fsp3) is 0.273.